The molecule has 0 saturated carbocycles. The highest BCUT2D eigenvalue weighted by atomic mass is 79.9. The number of nitrogens with one attached hydrogen (secondary N) is 1. The van der Waals surface area contributed by atoms with Gasteiger partial charge in [-0.1, -0.05) is 33.6 Å². The first-order valence-electron chi connectivity index (χ1n) is 7.18. The van der Waals surface area contributed by atoms with Gasteiger partial charge in [0.15, 0.2) is 0 Å². The van der Waals surface area contributed by atoms with Gasteiger partial charge in [-0.15, -0.1) is 0 Å². The van der Waals surface area contributed by atoms with E-state index in [1.165, 1.54) is 10.5 Å². The third-order valence-electron chi connectivity index (χ3n) is 3.68. The molecule has 0 bridgehead atoms. The fraction of sp³-hybridized carbons (Fsp3) is 0.438. The molecule has 2 N–H and O–H groups in total. The van der Waals surface area contributed by atoms with Crippen LogP contribution in [0.1, 0.15) is 28.8 Å². The molecule has 0 atom stereocenters. The summed E-state index contributed by atoms with van der Waals surface area (Å²) in [7, 11) is 1.69. The molecule has 1 amide bonds. The number of rotatable bonds is 4. The van der Waals surface area contributed by atoms with E-state index in [1.807, 2.05) is 24.3 Å². The highest BCUT2D eigenvalue weighted by Gasteiger charge is 2.13. The average molecular weight is 353 g/mol. The van der Waals surface area contributed by atoms with E-state index in [0.717, 1.165) is 36.0 Å². The van der Waals surface area contributed by atoms with Gasteiger partial charge >= 0.3 is 0 Å². The Morgan fingerprint density at radius 1 is 1.24 bits per heavy atom. The Labute approximate surface area is 134 Å². The highest BCUT2D eigenvalue weighted by Crippen LogP contribution is 2.30. The zero-order valence-corrected chi connectivity index (χ0v) is 13.8. The van der Waals surface area contributed by atoms with Crippen molar-refractivity contribution in [3.8, 4) is 0 Å². The maximum atomic E-state index is 12.1. The molecular weight excluding hydrogens is 332 g/mol. The fourth-order valence-corrected chi connectivity index (χ4v) is 3.04. The zero-order valence-electron chi connectivity index (χ0n) is 12.2. The summed E-state index contributed by atoms with van der Waals surface area (Å²) in [6.07, 6.45) is 2.11. The van der Waals surface area contributed by atoms with Crippen molar-refractivity contribution in [1.29, 1.82) is 0 Å². The molecule has 1 aromatic carbocycles. The van der Waals surface area contributed by atoms with Crippen LogP contribution < -0.4 is 5.32 Å². The quantitative estimate of drug-likeness (QED) is 0.873. The molecule has 0 spiro atoms. The number of hydrogen-bond acceptors (Lipinski definition) is 3. The molecule has 0 aliphatic carbocycles. The second-order valence-electron chi connectivity index (χ2n) is 5.20. The van der Waals surface area contributed by atoms with E-state index < -0.39 is 0 Å². The van der Waals surface area contributed by atoms with E-state index in [9.17, 15) is 4.79 Å². The maximum Gasteiger partial charge on any atom is 0.253 e. The molecular formula is C16H21BrN2O2. The van der Waals surface area contributed by atoms with Crippen LogP contribution in [-0.2, 0) is 0 Å². The number of hydrogen-bond donors (Lipinski definition) is 2. The zero-order chi connectivity index (χ0) is 15.2. The lowest BCUT2D eigenvalue weighted by atomic mass is 10.0. The van der Waals surface area contributed by atoms with Crippen LogP contribution in [-0.4, -0.2) is 49.2 Å². The summed E-state index contributed by atoms with van der Waals surface area (Å²) in [5.41, 5.74) is 3.17. The average Bonchev–Trinajstić information content (AvgIpc) is 2.54. The van der Waals surface area contributed by atoms with Crippen LogP contribution in [0.2, 0.25) is 0 Å². The second-order valence-corrected chi connectivity index (χ2v) is 5.99. The topological polar surface area (TPSA) is 52.6 Å². The molecule has 1 heterocycles. The summed E-state index contributed by atoms with van der Waals surface area (Å²) in [5.74, 6) is -0.0683. The van der Waals surface area contributed by atoms with Gasteiger partial charge in [0.05, 0.1) is 6.61 Å². The van der Waals surface area contributed by atoms with Crippen molar-refractivity contribution in [2.75, 3.05) is 33.3 Å². The minimum atomic E-state index is -0.0683. The first-order chi connectivity index (χ1) is 10.1. The molecule has 114 valence electrons. The minimum Gasteiger partial charge on any atom is -0.395 e. The third kappa shape index (κ3) is 4.15. The Morgan fingerprint density at radius 3 is 2.38 bits per heavy atom. The van der Waals surface area contributed by atoms with Gasteiger partial charge in [0.1, 0.15) is 0 Å². The normalized spacial score (nSPS) is 14.9. The standard InChI is InChI=1S/C16H21BrN2O2/c1-19(10-11-20)16(21)14-4-2-12(3-5-14)15(17)13-6-8-18-9-7-13/h2-5,18,20H,6-11H2,1H3. The summed E-state index contributed by atoms with van der Waals surface area (Å²) in [4.78, 5) is 13.6. The van der Waals surface area contributed by atoms with E-state index in [2.05, 4.69) is 21.2 Å². The fourth-order valence-electron chi connectivity index (χ4n) is 2.38. The molecule has 1 aliphatic heterocycles. The van der Waals surface area contributed by atoms with Gasteiger partial charge < -0.3 is 15.3 Å². The molecule has 1 aromatic rings. The van der Waals surface area contributed by atoms with Crippen molar-refractivity contribution in [3.05, 3.63) is 41.0 Å². The van der Waals surface area contributed by atoms with Crippen molar-refractivity contribution in [2.45, 2.75) is 12.8 Å². The Hall–Kier alpha value is -1.17. The molecule has 4 nitrogen and oxygen atoms in total. The number of aliphatic hydroxyl groups excluding tert-OH is 1. The molecule has 1 aliphatic rings. The van der Waals surface area contributed by atoms with E-state index in [1.54, 1.807) is 7.05 Å². The molecule has 0 unspecified atom stereocenters. The Balaban J connectivity index is 2.13. The summed E-state index contributed by atoms with van der Waals surface area (Å²) >= 11 is 3.69. The summed E-state index contributed by atoms with van der Waals surface area (Å²) < 4.78 is 1.15. The molecule has 1 saturated heterocycles. The summed E-state index contributed by atoms with van der Waals surface area (Å²) in [5, 5.41) is 12.2. The number of carbonyl (C=O) groups excluding carboxylic acids is 1. The van der Waals surface area contributed by atoms with Crippen LogP contribution in [0.4, 0.5) is 0 Å². The number of nitrogens with zero attached hydrogens (tertiary/aromatic N) is 1. The molecule has 2 rings (SSSR count). The number of piperidine rings is 1. The lowest BCUT2D eigenvalue weighted by molar-refractivity contribution is 0.0767. The molecule has 1 fully saturated rings. The molecule has 21 heavy (non-hydrogen) atoms. The van der Waals surface area contributed by atoms with Crippen molar-refractivity contribution >= 4 is 26.3 Å². The number of halogens is 1. The minimum absolute atomic E-state index is 0.0218. The Morgan fingerprint density at radius 2 is 1.81 bits per heavy atom. The van der Waals surface area contributed by atoms with Gasteiger partial charge in [-0.2, -0.15) is 0 Å². The van der Waals surface area contributed by atoms with Gasteiger partial charge in [-0.05, 0) is 43.6 Å². The smallest absolute Gasteiger partial charge is 0.253 e. The van der Waals surface area contributed by atoms with Gasteiger partial charge in [0, 0.05) is 23.6 Å². The maximum absolute atomic E-state index is 12.1. The number of amides is 1. The van der Waals surface area contributed by atoms with Crippen LogP contribution in [0.3, 0.4) is 0 Å². The van der Waals surface area contributed by atoms with Crippen LogP contribution in [0.25, 0.3) is 4.48 Å². The van der Waals surface area contributed by atoms with E-state index in [-0.39, 0.29) is 12.5 Å². The van der Waals surface area contributed by atoms with Crippen LogP contribution in [0.15, 0.2) is 29.8 Å². The number of carbonyl (C=O) groups is 1. The van der Waals surface area contributed by atoms with Gasteiger partial charge in [-0.3, -0.25) is 4.79 Å². The van der Waals surface area contributed by atoms with Crippen LogP contribution in [0, 0.1) is 0 Å². The van der Waals surface area contributed by atoms with Crippen LogP contribution in [0.5, 0.6) is 0 Å². The van der Waals surface area contributed by atoms with Crippen LogP contribution >= 0.6 is 15.9 Å². The first kappa shape index (κ1) is 16.2. The van der Waals surface area contributed by atoms with Gasteiger partial charge in [0.25, 0.3) is 5.91 Å². The van der Waals surface area contributed by atoms with Gasteiger partial charge in [0.2, 0.25) is 0 Å². The number of likely N-dealkylation sites (N-methyl/N-ethyl adjacent to an activating group) is 1. The van der Waals surface area contributed by atoms with Crippen molar-refractivity contribution in [1.82, 2.24) is 10.2 Å². The first-order valence-corrected chi connectivity index (χ1v) is 7.97. The molecule has 0 aromatic heterocycles. The number of benzene rings is 1. The lowest BCUT2D eigenvalue weighted by Gasteiger charge is -2.18. The van der Waals surface area contributed by atoms with E-state index in [0.29, 0.717) is 12.1 Å². The van der Waals surface area contributed by atoms with Crippen molar-refractivity contribution in [3.63, 3.8) is 0 Å². The second kappa shape index (κ2) is 7.73. The highest BCUT2D eigenvalue weighted by molar-refractivity contribution is 9.15. The Bertz CT molecular complexity index is 518. The number of aliphatic hydroxyl groups is 1. The largest absolute Gasteiger partial charge is 0.395 e. The predicted molar refractivity (Wildman–Crippen MR) is 88.4 cm³/mol. The van der Waals surface area contributed by atoms with Crippen molar-refractivity contribution < 1.29 is 9.90 Å². The van der Waals surface area contributed by atoms with E-state index in [4.69, 9.17) is 5.11 Å². The molecule has 5 heteroatoms. The Kier molecular flexibility index (Phi) is 5.96. The SMILES string of the molecule is CN(CCO)C(=O)c1ccc(C(Br)=C2CCNCC2)cc1. The monoisotopic (exact) mass is 352 g/mol. The predicted octanol–water partition coefficient (Wildman–Crippen LogP) is 2.24. The summed E-state index contributed by atoms with van der Waals surface area (Å²) in [6.45, 7) is 2.37. The third-order valence-corrected chi connectivity index (χ3v) is 4.70. The van der Waals surface area contributed by atoms with Gasteiger partial charge in [-0.25, -0.2) is 0 Å². The van der Waals surface area contributed by atoms with E-state index >= 15 is 0 Å². The lowest BCUT2D eigenvalue weighted by Crippen LogP contribution is -2.29. The van der Waals surface area contributed by atoms with Crippen molar-refractivity contribution in [2.24, 2.45) is 0 Å². The summed E-state index contributed by atoms with van der Waals surface area (Å²) in [6, 6.07) is 7.63. The molecule has 0 radical (unpaired) electrons.